The maximum absolute atomic E-state index is 8.59. The van der Waals surface area contributed by atoms with Gasteiger partial charge in [0.25, 0.3) is 0 Å². The van der Waals surface area contributed by atoms with Gasteiger partial charge >= 0.3 is 0 Å². The molecule has 3 nitrogen and oxygen atoms in total. The number of hydrogen-bond donors (Lipinski definition) is 1. The Labute approximate surface area is 93.4 Å². The van der Waals surface area contributed by atoms with Gasteiger partial charge in [0.2, 0.25) is 0 Å². The summed E-state index contributed by atoms with van der Waals surface area (Å²) in [5, 5.41) is 8.59. The van der Waals surface area contributed by atoms with E-state index in [2.05, 4.69) is 4.90 Å². The zero-order chi connectivity index (χ0) is 10.8. The summed E-state index contributed by atoms with van der Waals surface area (Å²) in [6.07, 6.45) is 7.20. The van der Waals surface area contributed by atoms with Gasteiger partial charge in [-0.15, -0.1) is 0 Å². The van der Waals surface area contributed by atoms with Crippen LogP contribution in [0.2, 0.25) is 0 Å². The van der Waals surface area contributed by atoms with Gasteiger partial charge in [-0.2, -0.15) is 0 Å². The highest BCUT2D eigenvalue weighted by atomic mass is 16.5. The molecule has 1 N–H and O–H groups in total. The summed E-state index contributed by atoms with van der Waals surface area (Å²) in [5.74, 6) is 0. The van der Waals surface area contributed by atoms with E-state index >= 15 is 0 Å². The second-order valence-corrected chi connectivity index (χ2v) is 4.30. The van der Waals surface area contributed by atoms with Crippen LogP contribution in [0.15, 0.2) is 0 Å². The van der Waals surface area contributed by atoms with E-state index in [1.54, 1.807) is 0 Å². The molecular formula is C12H25NO2. The molecule has 0 unspecified atom stereocenters. The topological polar surface area (TPSA) is 32.7 Å². The molecule has 0 atom stereocenters. The first-order valence-corrected chi connectivity index (χ1v) is 6.34. The minimum atomic E-state index is 0.313. The van der Waals surface area contributed by atoms with E-state index in [1.807, 2.05) is 0 Å². The highest BCUT2D eigenvalue weighted by Crippen LogP contribution is 2.07. The average molecular weight is 215 g/mol. The number of unbranched alkanes of at least 4 members (excludes halogenated alkanes) is 2. The Bertz CT molecular complexity index is 136. The molecule has 3 heteroatoms. The molecule has 0 aliphatic carbocycles. The Kier molecular flexibility index (Phi) is 7.88. The number of likely N-dealkylation sites (tertiary alicyclic amines) is 1. The van der Waals surface area contributed by atoms with Crippen LogP contribution < -0.4 is 0 Å². The summed E-state index contributed by atoms with van der Waals surface area (Å²) < 4.78 is 5.56. The Balaban J connectivity index is 1.79. The molecular weight excluding hydrogens is 190 g/mol. The minimum Gasteiger partial charge on any atom is -0.396 e. The molecule has 1 aliphatic rings. The van der Waals surface area contributed by atoms with Crippen LogP contribution in [0.25, 0.3) is 0 Å². The summed E-state index contributed by atoms with van der Waals surface area (Å²) in [4.78, 5) is 2.50. The average Bonchev–Trinajstić information content (AvgIpc) is 2.29. The van der Waals surface area contributed by atoms with Crippen LogP contribution >= 0.6 is 0 Å². The van der Waals surface area contributed by atoms with Crippen LogP contribution in [0.1, 0.15) is 38.5 Å². The van der Waals surface area contributed by atoms with Crippen molar-refractivity contribution < 1.29 is 9.84 Å². The van der Waals surface area contributed by atoms with E-state index in [1.165, 1.54) is 32.4 Å². The molecule has 0 spiro atoms. The minimum absolute atomic E-state index is 0.313. The number of ether oxygens (including phenoxy) is 1. The Hall–Kier alpha value is -0.120. The van der Waals surface area contributed by atoms with Crippen molar-refractivity contribution in [1.29, 1.82) is 0 Å². The number of rotatable bonds is 8. The summed E-state index contributed by atoms with van der Waals surface area (Å²) in [7, 11) is 0. The SMILES string of the molecule is OCCCCCOCCN1CCCCC1. The summed E-state index contributed by atoms with van der Waals surface area (Å²) in [6.45, 7) is 5.66. The normalized spacial score (nSPS) is 18.2. The Morgan fingerprint density at radius 1 is 0.933 bits per heavy atom. The van der Waals surface area contributed by atoms with Crippen molar-refractivity contribution in [2.45, 2.75) is 38.5 Å². The second-order valence-electron chi connectivity index (χ2n) is 4.30. The van der Waals surface area contributed by atoms with Crippen molar-refractivity contribution in [1.82, 2.24) is 4.90 Å². The van der Waals surface area contributed by atoms with Gasteiger partial charge in [0.15, 0.2) is 0 Å². The zero-order valence-electron chi connectivity index (χ0n) is 9.79. The number of hydrogen-bond acceptors (Lipinski definition) is 3. The number of aliphatic hydroxyl groups is 1. The predicted octanol–water partition coefficient (Wildman–Crippen LogP) is 1.65. The molecule has 1 heterocycles. The van der Waals surface area contributed by atoms with Gasteiger partial charge in [-0.3, -0.25) is 0 Å². The highest BCUT2D eigenvalue weighted by Gasteiger charge is 2.08. The van der Waals surface area contributed by atoms with Gasteiger partial charge in [0, 0.05) is 19.8 Å². The van der Waals surface area contributed by atoms with Crippen molar-refractivity contribution >= 4 is 0 Å². The van der Waals surface area contributed by atoms with Gasteiger partial charge in [-0.1, -0.05) is 6.42 Å². The van der Waals surface area contributed by atoms with Crippen LogP contribution in [-0.2, 0) is 4.74 Å². The Morgan fingerprint density at radius 2 is 1.73 bits per heavy atom. The van der Waals surface area contributed by atoms with Crippen LogP contribution in [0, 0.1) is 0 Å². The van der Waals surface area contributed by atoms with Crippen LogP contribution in [0.4, 0.5) is 0 Å². The largest absolute Gasteiger partial charge is 0.396 e. The molecule has 0 saturated carbocycles. The third-order valence-corrected chi connectivity index (χ3v) is 2.95. The molecule has 0 radical (unpaired) electrons. The first kappa shape index (κ1) is 12.9. The summed E-state index contributed by atoms with van der Waals surface area (Å²) >= 11 is 0. The predicted molar refractivity (Wildman–Crippen MR) is 62.0 cm³/mol. The molecule has 0 amide bonds. The lowest BCUT2D eigenvalue weighted by atomic mass is 10.1. The molecule has 1 fully saturated rings. The third-order valence-electron chi connectivity index (χ3n) is 2.95. The lowest BCUT2D eigenvalue weighted by Gasteiger charge is -2.26. The monoisotopic (exact) mass is 215 g/mol. The van der Waals surface area contributed by atoms with Gasteiger partial charge in [-0.05, 0) is 45.2 Å². The molecule has 90 valence electrons. The second kappa shape index (κ2) is 9.13. The number of nitrogens with zero attached hydrogens (tertiary/aromatic N) is 1. The third kappa shape index (κ3) is 6.88. The number of piperidine rings is 1. The summed E-state index contributed by atoms with van der Waals surface area (Å²) in [5.41, 5.74) is 0. The van der Waals surface area contributed by atoms with E-state index in [-0.39, 0.29) is 0 Å². The molecule has 1 aliphatic heterocycles. The smallest absolute Gasteiger partial charge is 0.0593 e. The molecule has 15 heavy (non-hydrogen) atoms. The Morgan fingerprint density at radius 3 is 2.47 bits per heavy atom. The van der Waals surface area contributed by atoms with E-state index in [0.717, 1.165) is 39.0 Å². The summed E-state index contributed by atoms with van der Waals surface area (Å²) in [6, 6.07) is 0. The maximum atomic E-state index is 8.59. The van der Waals surface area contributed by atoms with Crippen molar-refractivity contribution in [3.8, 4) is 0 Å². The fourth-order valence-corrected chi connectivity index (χ4v) is 1.97. The first-order chi connectivity index (χ1) is 7.43. The highest BCUT2D eigenvalue weighted by molar-refractivity contribution is 4.63. The van der Waals surface area contributed by atoms with E-state index < -0.39 is 0 Å². The van der Waals surface area contributed by atoms with Crippen molar-refractivity contribution in [3.05, 3.63) is 0 Å². The molecule has 0 aromatic carbocycles. The maximum Gasteiger partial charge on any atom is 0.0593 e. The molecule has 0 aromatic heterocycles. The van der Waals surface area contributed by atoms with E-state index in [9.17, 15) is 0 Å². The van der Waals surface area contributed by atoms with Gasteiger partial charge < -0.3 is 14.7 Å². The fraction of sp³-hybridized carbons (Fsp3) is 1.00. The van der Waals surface area contributed by atoms with E-state index in [0.29, 0.717) is 6.61 Å². The standard InChI is InChI=1S/C12H25NO2/c14-10-5-2-6-11-15-12-9-13-7-3-1-4-8-13/h14H,1-12H2. The molecule has 0 bridgehead atoms. The van der Waals surface area contributed by atoms with Crippen LogP contribution in [0.3, 0.4) is 0 Å². The fourth-order valence-electron chi connectivity index (χ4n) is 1.97. The van der Waals surface area contributed by atoms with Crippen LogP contribution in [-0.4, -0.2) is 49.5 Å². The first-order valence-electron chi connectivity index (χ1n) is 6.34. The van der Waals surface area contributed by atoms with Gasteiger partial charge in [0.05, 0.1) is 6.61 Å². The lowest BCUT2D eigenvalue weighted by Crippen LogP contribution is -2.32. The van der Waals surface area contributed by atoms with Crippen LogP contribution in [0.5, 0.6) is 0 Å². The molecule has 1 rings (SSSR count). The quantitative estimate of drug-likeness (QED) is 0.625. The van der Waals surface area contributed by atoms with Crippen molar-refractivity contribution in [2.75, 3.05) is 39.5 Å². The lowest BCUT2D eigenvalue weighted by molar-refractivity contribution is 0.0931. The van der Waals surface area contributed by atoms with Crippen molar-refractivity contribution in [2.24, 2.45) is 0 Å². The van der Waals surface area contributed by atoms with E-state index in [4.69, 9.17) is 9.84 Å². The number of aliphatic hydroxyl groups excluding tert-OH is 1. The van der Waals surface area contributed by atoms with Crippen molar-refractivity contribution in [3.63, 3.8) is 0 Å². The van der Waals surface area contributed by atoms with Gasteiger partial charge in [0.1, 0.15) is 0 Å². The van der Waals surface area contributed by atoms with Gasteiger partial charge in [-0.25, -0.2) is 0 Å². The zero-order valence-corrected chi connectivity index (χ0v) is 9.79. The molecule has 0 aromatic rings. The molecule has 1 saturated heterocycles.